The Hall–Kier alpha value is -3.10. The molecule has 9 heteroatoms. The second kappa shape index (κ2) is 8.13. The topological polar surface area (TPSA) is 136 Å². The fourth-order valence-electron chi connectivity index (χ4n) is 1.82. The molecule has 1 aromatic rings. The molecule has 0 unspecified atom stereocenters. The summed E-state index contributed by atoms with van der Waals surface area (Å²) in [6.45, 7) is 4.42. The van der Waals surface area contributed by atoms with Crippen LogP contribution in [-0.4, -0.2) is 45.7 Å². The van der Waals surface area contributed by atoms with E-state index in [1.807, 2.05) is 0 Å². The number of carbonyl (C=O) groups excluding carboxylic acids is 1. The summed E-state index contributed by atoms with van der Waals surface area (Å²) < 4.78 is 5.15. The van der Waals surface area contributed by atoms with Crippen LogP contribution in [0.15, 0.2) is 24.3 Å². The predicted molar refractivity (Wildman–Crippen MR) is 92.0 cm³/mol. The van der Waals surface area contributed by atoms with Crippen LogP contribution in [0.2, 0.25) is 0 Å². The van der Waals surface area contributed by atoms with Crippen LogP contribution in [0.4, 0.5) is 16.2 Å². The molecule has 1 aromatic carbocycles. The molecule has 1 rings (SSSR count). The van der Waals surface area contributed by atoms with Gasteiger partial charge >= 0.3 is 12.1 Å². The van der Waals surface area contributed by atoms with Crippen molar-refractivity contribution in [3.63, 3.8) is 0 Å². The number of nitrogens with two attached hydrogens (primary N) is 1. The molecule has 25 heavy (non-hydrogen) atoms. The number of anilines is 1. The van der Waals surface area contributed by atoms with Crippen molar-refractivity contribution in [2.75, 3.05) is 18.8 Å². The molecule has 0 radical (unpaired) electrons. The van der Waals surface area contributed by atoms with Crippen LogP contribution in [0.1, 0.15) is 26.3 Å². The first-order valence-electron chi connectivity index (χ1n) is 7.40. The zero-order valence-electron chi connectivity index (χ0n) is 14.3. The molecule has 0 aliphatic carbocycles. The van der Waals surface area contributed by atoms with E-state index in [0.29, 0.717) is 11.3 Å². The monoisotopic (exact) mass is 351 g/mol. The summed E-state index contributed by atoms with van der Waals surface area (Å²) in [5.74, 6) is -1.19. The maximum Gasteiger partial charge on any atom is 0.411 e. The highest BCUT2D eigenvalue weighted by Gasteiger charge is 2.23. The van der Waals surface area contributed by atoms with E-state index in [1.165, 1.54) is 30.4 Å². The molecule has 0 aromatic heterocycles. The van der Waals surface area contributed by atoms with Gasteiger partial charge in [-0.3, -0.25) is 19.8 Å². The first-order valence-corrected chi connectivity index (χ1v) is 7.40. The van der Waals surface area contributed by atoms with Crippen molar-refractivity contribution in [2.24, 2.45) is 0 Å². The van der Waals surface area contributed by atoms with Gasteiger partial charge < -0.3 is 15.6 Å². The van der Waals surface area contributed by atoms with Crippen molar-refractivity contribution in [3.05, 3.63) is 40.0 Å². The minimum atomic E-state index is -1.19. The number of amides is 1. The van der Waals surface area contributed by atoms with Crippen molar-refractivity contribution < 1.29 is 24.4 Å². The highest BCUT2D eigenvalue weighted by Crippen LogP contribution is 2.21. The molecule has 0 bridgehead atoms. The molecule has 9 nitrogen and oxygen atoms in total. The summed E-state index contributed by atoms with van der Waals surface area (Å²) in [7, 11) is 0. The molecule has 1 amide bonds. The fourth-order valence-corrected chi connectivity index (χ4v) is 1.82. The van der Waals surface area contributed by atoms with Gasteiger partial charge in [0.2, 0.25) is 0 Å². The summed E-state index contributed by atoms with van der Waals surface area (Å²) in [4.78, 5) is 34.2. The lowest BCUT2D eigenvalue weighted by molar-refractivity contribution is -0.384. The van der Waals surface area contributed by atoms with Gasteiger partial charge in [0.1, 0.15) is 12.1 Å². The number of carboxylic acid groups (broad SMARTS) is 1. The summed E-state index contributed by atoms with van der Waals surface area (Å²) in [5.41, 5.74) is 5.59. The van der Waals surface area contributed by atoms with Crippen molar-refractivity contribution in [3.8, 4) is 0 Å². The number of benzene rings is 1. The third kappa shape index (κ3) is 6.90. The van der Waals surface area contributed by atoms with Crippen molar-refractivity contribution in [1.82, 2.24) is 4.90 Å². The highest BCUT2D eigenvalue weighted by atomic mass is 16.6. The fraction of sp³-hybridized carbons (Fsp3) is 0.375. The summed E-state index contributed by atoms with van der Waals surface area (Å²) in [5, 5.41) is 19.7. The maximum atomic E-state index is 12.0. The predicted octanol–water partition coefficient (Wildman–Crippen LogP) is 2.51. The van der Waals surface area contributed by atoms with Gasteiger partial charge in [-0.25, -0.2) is 4.79 Å². The third-order valence-corrected chi connectivity index (χ3v) is 2.88. The van der Waals surface area contributed by atoms with Gasteiger partial charge in [0, 0.05) is 29.9 Å². The van der Waals surface area contributed by atoms with Gasteiger partial charge in [-0.2, -0.15) is 0 Å². The van der Waals surface area contributed by atoms with E-state index < -0.39 is 29.1 Å². The van der Waals surface area contributed by atoms with E-state index in [4.69, 9.17) is 15.6 Å². The third-order valence-electron chi connectivity index (χ3n) is 2.88. The number of non-ortho nitro benzene ring substituents is 1. The second-order valence-corrected chi connectivity index (χ2v) is 6.23. The van der Waals surface area contributed by atoms with Gasteiger partial charge in [-0.15, -0.1) is 0 Å². The molecule has 0 aliphatic rings. The van der Waals surface area contributed by atoms with Crippen molar-refractivity contribution in [2.45, 2.75) is 26.4 Å². The molecule has 136 valence electrons. The minimum Gasteiger partial charge on any atom is -0.480 e. The number of nitro benzene ring substituents is 1. The molecule has 0 fully saturated rings. The van der Waals surface area contributed by atoms with Crippen LogP contribution >= 0.6 is 0 Å². The first-order chi connectivity index (χ1) is 11.5. The smallest absolute Gasteiger partial charge is 0.411 e. The van der Waals surface area contributed by atoms with Crippen LogP contribution in [-0.2, 0) is 9.53 Å². The van der Waals surface area contributed by atoms with Crippen LogP contribution in [0.3, 0.4) is 0 Å². The van der Waals surface area contributed by atoms with Crippen LogP contribution in [0.5, 0.6) is 0 Å². The number of ether oxygens (including phenoxy) is 1. The number of nitro groups is 1. The van der Waals surface area contributed by atoms with E-state index >= 15 is 0 Å². The number of carboxylic acids is 1. The Kier molecular flexibility index (Phi) is 6.49. The number of carbonyl (C=O) groups is 2. The van der Waals surface area contributed by atoms with Crippen LogP contribution < -0.4 is 5.73 Å². The molecule has 0 heterocycles. The van der Waals surface area contributed by atoms with Gasteiger partial charge in [0.05, 0.1) is 4.92 Å². The Bertz CT molecular complexity index is 694. The largest absolute Gasteiger partial charge is 0.480 e. The SMILES string of the molecule is CC(C)(C)OC(=O)N(C/C=C/c1cc([N+](=O)[O-])ccc1N)CC(=O)O. The van der Waals surface area contributed by atoms with Gasteiger partial charge in [-0.1, -0.05) is 12.2 Å². The Morgan fingerprint density at radius 1 is 1.40 bits per heavy atom. The molecule has 0 atom stereocenters. The Balaban J connectivity index is 2.90. The van der Waals surface area contributed by atoms with E-state index in [-0.39, 0.29) is 12.2 Å². The summed E-state index contributed by atoms with van der Waals surface area (Å²) >= 11 is 0. The molecular formula is C16H21N3O6. The molecule has 0 saturated heterocycles. The van der Waals surface area contributed by atoms with Crippen LogP contribution in [0, 0.1) is 10.1 Å². The zero-order valence-corrected chi connectivity index (χ0v) is 14.3. The number of aliphatic carboxylic acids is 1. The molecule has 0 saturated carbocycles. The molecule has 3 N–H and O–H groups in total. The molecular weight excluding hydrogens is 330 g/mol. The summed E-state index contributed by atoms with van der Waals surface area (Å²) in [6.07, 6.45) is 2.20. The lowest BCUT2D eigenvalue weighted by Crippen LogP contribution is -2.39. The van der Waals surface area contributed by atoms with Crippen molar-refractivity contribution in [1.29, 1.82) is 0 Å². The van der Waals surface area contributed by atoms with Gasteiger partial charge in [0.15, 0.2) is 0 Å². The number of nitrogen functional groups attached to an aromatic ring is 1. The van der Waals surface area contributed by atoms with E-state index in [9.17, 15) is 19.7 Å². The Morgan fingerprint density at radius 3 is 2.56 bits per heavy atom. The quantitative estimate of drug-likeness (QED) is 0.456. The molecule has 0 spiro atoms. The Morgan fingerprint density at radius 2 is 2.04 bits per heavy atom. The number of rotatable bonds is 6. The number of nitrogens with zero attached hydrogens (tertiary/aromatic N) is 2. The van der Waals surface area contributed by atoms with E-state index in [1.54, 1.807) is 20.8 Å². The van der Waals surface area contributed by atoms with Crippen LogP contribution in [0.25, 0.3) is 6.08 Å². The van der Waals surface area contributed by atoms with Gasteiger partial charge in [0.25, 0.3) is 5.69 Å². The second-order valence-electron chi connectivity index (χ2n) is 6.23. The lowest BCUT2D eigenvalue weighted by Gasteiger charge is -2.25. The standard InChI is InChI=1S/C16H21N3O6/c1-16(2,3)25-15(22)18(10-14(20)21)8-4-5-11-9-12(19(23)24)6-7-13(11)17/h4-7,9H,8,10,17H2,1-3H3,(H,20,21)/b5-4+. The lowest BCUT2D eigenvalue weighted by atomic mass is 10.1. The Labute approximate surface area is 144 Å². The van der Waals surface area contributed by atoms with E-state index in [0.717, 1.165) is 4.90 Å². The maximum absolute atomic E-state index is 12.0. The van der Waals surface area contributed by atoms with Crippen molar-refractivity contribution >= 4 is 29.5 Å². The normalized spacial score (nSPS) is 11.3. The summed E-state index contributed by atoms with van der Waals surface area (Å²) in [6, 6.07) is 3.98. The number of hydrogen-bond donors (Lipinski definition) is 2. The number of hydrogen-bond acceptors (Lipinski definition) is 6. The highest BCUT2D eigenvalue weighted by molar-refractivity contribution is 5.77. The zero-order chi connectivity index (χ0) is 19.2. The molecule has 0 aliphatic heterocycles. The van der Waals surface area contributed by atoms with E-state index in [2.05, 4.69) is 0 Å². The average molecular weight is 351 g/mol. The van der Waals surface area contributed by atoms with Gasteiger partial charge in [-0.05, 0) is 26.8 Å². The minimum absolute atomic E-state index is 0.0522. The average Bonchev–Trinajstić information content (AvgIpc) is 2.45. The first kappa shape index (κ1) is 19.9.